The van der Waals surface area contributed by atoms with Crippen LogP contribution in [0.2, 0.25) is 0 Å². The molecule has 0 aliphatic rings. The fourth-order valence-electron chi connectivity index (χ4n) is 6.11. The lowest BCUT2D eigenvalue weighted by molar-refractivity contribution is -0.187. The largest absolute Gasteiger partial charge is 0.458 e. The van der Waals surface area contributed by atoms with E-state index in [4.69, 9.17) is 18.9 Å². The third-order valence-electron chi connectivity index (χ3n) is 9.20. The van der Waals surface area contributed by atoms with Gasteiger partial charge in [0.15, 0.2) is 6.10 Å². The van der Waals surface area contributed by atoms with E-state index in [0.717, 1.165) is 37.5 Å². The second kappa shape index (κ2) is 37.8. The molecule has 0 aromatic rings. The van der Waals surface area contributed by atoms with Crippen LogP contribution >= 0.6 is 0 Å². The lowest BCUT2D eigenvalue weighted by Crippen LogP contribution is -2.32. The highest BCUT2D eigenvalue weighted by Crippen LogP contribution is 2.17. The van der Waals surface area contributed by atoms with Crippen molar-refractivity contribution in [1.29, 1.82) is 0 Å². The molecule has 0 rings (SSSR count). The molecule has 0 amide bonds. The van der Waals surface area contributed by atoms with Crippen LogP contribution in [-0.4, -0.2) is 43.5 Å². The van der Waals surface area contributed by atoms with E-state index in [9.17, 15) is 14.4 Å². The Morgan fingerprint density at radius 2 is 0.760 bits per heavy atom. The van der Waals surface area contributed by atoms with Crippen molar-refractivity contribution in [1.82, 2.24) is 0 Å². The van der Waals surface area contributed by atoms with Gasteiger partial charge in [0, 0.05) is 24.6 Å². The number of rotatable bonds is 39. The zero-order chi connectivity index (χ0) is 36.8. The standard InChI is InChI=1S/C43H76O7/c1-5-9-10-11-12-13-14-15-16-17-18-19-20-21-22-23-24-25-26-27-28-29-30-31-32-33-34-35-36-43(50-42(46)8-4)48-38-39(49-41(45)7-3)37-47-40(44)6-2/h6-8,39,43H,2-5,9-38H2,1H3. The fourth-order valence-corrected chi connectivity index (χ4v) is 6.11. The molecule has 0 radical (unpaired) electrons. The first-order chi connectivity index (χ1) is 24.5. The second-order valence-electron chi connectivity index (χ2n) is 13.8. The number of hydrogen-bond donors (Lipinski definition) is 0. The number of esters is 3. The molecular formula is C43H76O7. The Morgan fingerprint density at radius 1 is 0.440 bits per heavy atom. The molecule has 0 fully saturated rings. The molecule has 0 aliphatic heterocycles. The zero-order valence-corrected chi connectivity index (χ0v) is 32.3. The summed E-state index contributed by atoms with van der Waals surface area (Å²) in [4.78, 5) is 34.9. The molecule has 0 aromatic heterocycles. The Balaban J connectivity index is 3.69. The molecule has 0 bridgehead atoms. The average Bonchev–Trinajstić information content (AvgIpc) is 3.13. The van der Waals surface area contributed by atoms with Crippen molar-refractivity contribution >= 4 is 17.9 Å². The molecule has 0 heterocycles. The number of ether oxygens (including phenoxy) is 4. The highest BCUT2D eigenvalue weighted by Gasteiger charge is 2.20. The van der Waals surface area contributed by atoms with Gasteiger partial charge >= 0.3 is 17.9 Å². The Kier molecular flexibility index (Phi) is 36.0. The Morgan fingerprint density at radius 3 is 1.10 bits per heavy atom. The Labute approximate surface area is 307 Å². The molecule has 0 aliphatic carbocycles. The summed E-state index contributed by atoms with van der Waals surface area (Å²) in [5.74, 6) is -1.91. The van der Waals surface area contributed by atoms with Gasteiger partial charge in [0.05, 0.1) is 6.61 Å². The number of hydrogen-bond acceptors (Lipinski definition) is 7. The summed E-state index contributed by atoms with van der Waals surface area (Å²) in [6.45, 7) is 12.1. The highest BCUT2D eigenvalue weighted by atomic mass is 16.7. The second-order valence-corrected chi connectivity index (χ2v) is 13.8. The van der Waals surface area contributed by atoms with E-state index in [1.54, 1.807) is 0 Å². The normalized spacial score (nSPS) is 12.2. The van der Waals surface area contributed by atoms with Crippen molar-refractivity contribution in [2.24, 2.45) is 0 Å². The monoisotopic (exact) mass is 705 g/mol. The lowest BCUT2D eigenvalue weighted by atomic mass is 10.0. The number of carbonyl (C=O) groups excluding carboxylic acids is 3. The molecule has 50 heavy (non-hydrogen) atoms. The summed E-state index contributed by atoms with van der Waals surface area (Å²) in [5.41, 5.74) is 0. The molecule has 0 saturated carbocycles. The van der Waals surface area contributed by atoms with Crippen molar-refractivity contribution in [2.45, 2.75) is 206 Å². The smallest absolute Gasteiger partial charge is 0.332 e. The van der Waals surface area contributed by atoms with Crippen LogP contribution < -0.4 is 0 Å². The van der Waals surface area contributed by atoms with E-state index >= 15 is 0 Å². The molecular weight excluding hydrogens is 628 g/mol. The third-order valence-corrected chi connectivity index (χ3v) is 9.20. The van der Waals surface area contributed by atoms with Crippen molar-refractivity contribution < 1.29 is 33.3 Å². The van der Waals surface area contributed by atoms with E-state index in [2.05, 4.69) is 26.7 Å². The summed E-state index contributed by atoms with van der Waals surface area (Å²) in [5, 5.41) is 0. The molecule has 290 valence electrons. The van der Waals surface area contributed by atoms with Gasteiger partial charge in [0.2, 0.25) is 6.29 Å². The molecule has 2 atom stereocenters. The van der Waals surface area contributed by atoms with E-state index in [0.29, 0.717) is 6.42 Å². The number of carbonyl (C=O) groups is 3. The van der Waals surface area contributed by atoms with Crippen LogP contribution in [0.4, 0.5) is 0 Å². The maximum absolute atomic E-state index is 11.8. The summed E-state index contributed by atoms with van der Waals surface area (Å²) in [7, 11) is 0. The first-order valence-electron chi connectivity index (χ1n) is 20.5. The Bertz CT molecular complexity index is 839. The SMILES string of the molecule is C=CC(=O)OCC(COC(CCCCCCCCCCCCCCCCCCCCCCCCCCCCCC)OC(=O)C=C)OC(=O)C=C. The lowest BCUT2D eigenvalue weighted by Gasteiger charge is -2.22. The summed E-state index contributed by atoms with van der Waals surface area (Å²) in [6, 6.07) is 0. The molecule has 0 spiro atoms. The van der Waals surface area contributed by atoms with Crippen molar-refractivity contribution in [3.8, 4) is 0 Å². The Hall–Kier alpha value is -2.41. The van der Waals surface area contributed by atoms with Crippen LogP contribution in [0.25, 0.3) is 0 Å². The molecule has 7 heteroatoms. The van der Waals surface area contributed by atoms with E-state index in [1.165, 1.54) is 161 Å². The average molecular weight is 705 g/mol. The molecule has 2 unspecified atom stereocenters. The molecule has 0 aromatic carbocycles. The summed E-state index contributed by atoms with van der Waals surface area (Å²) >= 11 is 0. The first-order valence-corrected chi connectivity index (χ1v) is 20.5. The minimum Gasteiger partial charge on any atom is -0.458 e. The predicted octanol–water partition coefficient (Wildman–Crippen LogP) is 12.2. The van der Waals surface area contributed by atoms with Gasteiger partial charge in [0.1, 0.15) is 6.61 Å². The van der Waals surface area contributed by atoms with Gasteiger partial charge in [-0.05, 0) is 6.42 Å². The van der Waals surface area contributed by atoms with Gasteiger partial charge in [-0.1, -0.05) is 200 Å². The van der Waals surface area contributed by atoms with E-state index < -0.39 is 30.3 Å². The zero-order valence-electron chi connectivity index (χ0n) is 32.3. The first kappa shape index (κ1) is 47.6. The van der Waals surface area contributed by atoms with Gasteiger partial charge < -0.3 is 18.9 Å². The minimum atomic E-state index is -0.877. The van der Waals surface area contributed by atoms with Crippen molar-refractivity contribution in [3.05, 3.63) is 38.0 Å². The van der Waals surface area contributed by atoms with Crippen LogP contribution in [-0.2, 0) is 33.3 Å². The number of unbranched alkanes of at least 4 members (excludes halogenated alkanes) is 27. The third kappa shape index (κ3) is 34.1. The van der Waals surface area contributed by atoms with E-state index in [-0.39, 0.29) is 13.2 Å². The predicted molar refractivity (Wildman–Crippen MR) is 207 cm³/mol. The fraction of sp³-hybridized carbons (Fsp3) is 0.791. The quantitative estimate of drug-likeness (QED) is 0.0207. The van der Waals surface area contributed by atoms with Gasteiger partial charge in [0.25, 0.3) is 0 Å². The molecule has 0 saturated heterocycles. The van der Waals surface area contributed by atoms with Crippen molar-refractivity contribution in [3.63, 3.8) is 0 Å². The van der Waals surface area contributed by atoms with Gasteiger partial charge in [-0.15, -0.1) is 0 Å². The maximum Gasteiger partial charge on any atom is 0.332 e. The minimum absolute atomic E-state index is 0.112. The van der Waals surface area contributed by atoms with Crippen LogP contribution in [0.5, 0.6) is 0 Å². The van der Waals surface area contributed by atoms with Crippen LogP contribution in [0.15, 0.2) is 38.0 Å². The molecule has 0 N–H and O–H groups in total. The molecule has 7 nitrogen and oxygen atoms in total. The van der Waals surface area contributed by atoms with Crippen LogP contribution in [0, 0.1) is 0 Å². The van der Waals surface area contributed by atoms with Gasteiger partial charge in [-0.2, -0.15) is 0 Å². The van der Waals surface area contributed by atoms with Crippen LogP contribution in [0.3, 0.4) is 0 Å². The van der Waals surface area contributed by atoms with Crippen LogP contribution in [0.1, 0.15) is 193 Å². The van der Waals surface area contributed by atoms with Gasteiger partial charge in [-0.25, -0.2) is 14.4 Å². The van der Waals surface area contributed by atoms with Crippen molar-refractivity contribution in [2.75, 3.05) is 13.2 Å². The summed E-state index contributed by atoms with van der Waals surface area (Å²) in [6.07, 6.45) is 39.9. The van der Waals surface area contributed by atoms with Gasteiger partial charge in [-0.3, -0.25) is 0 Å². The maximum atomic E-state index is 11.8. The topological polar surface area (TPSA) is 88.1 Å². The summed E-state index contributed by atoms with van der Waals surface area (Å²) < 4.78 is 21.2. The highest BCUT2D eigenvalue weighted by molar-refractivity contribution is 5.82. The van der Waals surface area contributed by atoms with E-state index in [1.807, 2.05) is 0 Å².